The van der Waals surface area contributed by atoms with E-state index in [2.05, 4.69) is 28.0 Å². The van der Waals surface area contributed by atoms with Gasteiger partial charge >= 0.3 is 0 Å². The quantitative estimate of drug-likeness (QED) is 0.900. The van der Waals surface area contributed by atoms with Crippen LogP contribution in [-0.2, 0) is 0 Å². The molecule has 0 fully saturated rings. The summed E-state index contributed by atoms with van der Waals surface area (Å²) in [4.78, 5) is 3.92. The molecule has 4 heteroatoms. The SMILES string of the molecule is CCNC(c1cncc(F)c1)c1cscc1C. The Kier molecular flexibility index (Phi) is 3.86. The number of rotatable bonds is 4. The van der Waals surface area contributed by atoms with Crippen molar-refractivity contribution in [1.82, 2.24) is 10.3 Å². The van der Waals surface area contributed by atoms with Gasteiger partial charge in [0.25, 0.3) is 0 Å². The number of hydrogen-bond donors (Lipinski definition) is 1. The lowest BCUT2D eigenvalue weighted by molar-refractivity contribution is 0.595. The Hall–Kier alpha value is -1.26. The van der Waals surface area contributed by atoms with Gasteiger partial charge in [-0.1, -0.05) is 6.92 Å². The van der Waals surface area contributed by atoms with E-state index in [1.54, 1.807) is 17.5 Å². The van der Waals surface area contributed by atoms with E-state index in [0.29, 0.717) is 0 Å². The molecule has 0 saturated carbocycles. The lowest BCUT2D eigenvalue weighted by atomic mass is 10.00. The highest BCUT2D eigenvalue weighted by molar-refractivity contribution is 7.08. The molecule has 1 N–H and O–H groups in total. The van der Waals surface area contributed by atoms with Crippen molar-refractivity contribution in [2.75, 3.05) is 6.54 Å². The predicted molar refractivity (Wildman–Crippen MR) is 68.8 cm³/mol. The maximum Gasteiger partial charge on any atom is 0.141 e. The van der Waals surface area contributed by atoms with Crippen molar-refractivity contribution in [3.63, 3.8) is 0 Å². The summed E-state index contributed by atoms with van der Waals surface area (Å²) in [5, 5.41) is 7.58. The summed E-state index contributed by atoms with van der Waals surface area (Å²) in [7, 11) is 0. The molecule has 2 nitrogen and oxygen atoms in total. The number of nitrogens with zero attached hydrogens (tertiary/aromatic N) is 1. The average Bonchev–Trinajstić information content (AvgIpc) is 2.72. The Morgan fingerprint density at radius 3 is 2.82 bits per heavy atom. The standard InChI is InChI=1S/C13H15FN2S/c1-3-16-13(12-8-17-7-9(12)2)10-4-11(14)6-15-5-10/h4-8,13,16H,3H2,1-2H3. The van der Waals surface area contributed by atoms with Crippen LogP contribution in [0.3, 0.4) is 0 Å². The van der Waals surface area contributed by atoms with E-state index in [-0.39, 0.29) is 11.9 Å². The van der Waals surface area contributed by atoms with Crippen LogP contribution in [0, 0.1) is 12.7 Å². The number of aromatic nitrogens is 1. The molecule has 1 atom stereocenters. The summed E-state index contributed by atoms with van der Waals surface area (Å²) in [6.45, 7) is 4.95. The van der Waals surface area contributed by atoms with Crippen molar-refractivity contribution in [3.05, 3.63) is 51.7 Å². The van der Waals surface area contributed by atoms with Gasteiger partial charge in [-0.15, -0.1) is 0 Å². The summed E-state index contributed by atoms with van der Waals surface area (Å²) < 4.78 is 13.2. The zero-order chi connectivity index (χ0) is 12.3. The highest BCUT2D eigenvalue weighted by atomic mass is 32.1. The maximum atomic E-state index is 13.2. The molecule has 0 aliphatic carbocycles. The van der Waals surface area contributed by atoms with Crippen molar-refractivity contribution >= 4 is 11.3 Å². The van der Waals surface area contributed by atoms with Crippen molar-refractivity contribution in [2.45, 2.75) is 19.9 Å². The van der Waals surface area contributed by atoms with E-state index in [1.165, 1.54) is 23.4 Å². The molecular weight excluding hydrogens is 235 g/mol. The first-order valence-electron chi connectivity index (χ1n) is 5.59. The minimum atomic E-state index is -0.293. The van der Waals surface area contributed by atoms with Gasteiger partial charge in [0.2, 0.25) is 0 Å². The van der Waals surface area contributed by atoms with Gasteiger partial charge in [0, 0.05) is 6.20 Å². The molecule has 90 valence electrons. The fraction of sp³-hybridized carbons (Fsp3) is 0.308. The van der Waals surface area contributed by atoms with Crippen molar-refractivity contribution < 1.29 is 4.39 Å². The number of aryl methyl sites for hydroxylation is 1. The first kappa shape index (κ1) is 12.2. The van der Waals surface area contributed by atoms with Crippen LogP contribution in [0.15, 0.2) is 29.2 Å². The topological polar surface area (TPSA) is 24.9 Å². The number of halogens is 1. The monoisotopic (exact) mass is 250 g/mol. The lowest BCUT2D eigenvalue weighted by Crippen LogP contribution is -2.22. The fourth-order valence-corrected chi connectivity index (χ4v) is 2.74. The van der Waals surface area contributed by atoms with Crippen LogP contribution in [-0.4, -0.2) is 11.5 Å². The molecule has 0 saturated heterocycles. The normalized spacial score (nSPS) is 12.6. The second-order valence-electron chi connectivity index (χ2n) is 3.94. The first-order valence-corrected chi connectivity index (χ1v) is 6.53. The molecule has 0 spiro atoms. The molecule has 2 aromatic heterocycles. The van der Waals surface area contributed by atoms with E-state index in [9.17, 15) is 4.39 Å². The molecule has 0 aliphatic heterocycles. The smallest absolute Gasteiger partial charge is 0.141 e. The van der Waals surface area contributed by atoms with E-state index < -0.39 is 0 Å². The molecule has 0 radical (unpaired) electrons. The van der Waals surface area contributed by atoms with Gasteiger partial charge in [-0.2, -0.15) is 11.3 Å². The van der Waals surface area contributed by atoms with Crippen LogP contribution in [0.25, 0.3) is 0 Å². The molecule has 2 heterocycles. The van der Waals surface area contributed by atoms with Crippen LogP contribution in [0.4, 0.5) is 4.39 Å². The van der Waals surface area contributed by atoms with Crippen LogP contribution >= 0.6 is 11.3 Å². The van der Waals surface area contributed by atoms with Crippen LogP contribution in [0.5, 0.6) is 0 Å². The van der Waals surface area contributed by atoms with Crippen LogP contribution < -0.4 is 5.32 Å². The van der Waals surface area contributed by atoms with Gasteiger partial charge in [0.15, 0.2) is 0 Å². The molecule has 2 aromatic rings. The molecule has 0 amide bonds. The second kappa shape index (κ2) is 5.38. The highest BCUT2D eigenvalue weighted by Gasteiger charge is 2.16. The lowest BCUT2D eigenvalue weighted by Gasteiger charge is -2.18. The molecule has 0 aromatic carbocycles. The average molecular weight is 250 g/mol. The summed E-state index contributed by atoms with van der Waals surface area (Å²) in [5.74, 6) is -0.293. The maximum absolute atomic E-state index is 13.2. The van der Waals surface area contributed by atoms with Crippen LogP contribution in [0.1, 0.15) is 29.7 Å². The Labute approximate surface area is 105 Å². The van der Waals surface area contributed by atoms with Gasteiger partial charge in [-0.3, -0.25) is 4.98 Å². The van der Waals surface area contributed by atoms with Gasteiger partial charge in [-0.25, -0.2) is 4.39 Å². The number of hydrogen-bond acceptors (Lipinski definition) is 3. The van der Waals surface area contributed by atoms with Crippen molar-refractivity contribution in [1.29, 1.82) is 0 Å². The Morgan fingerprint density at radius 2 is 2.24 bits per heavy atom. The van der Waals surface area contributed by atoms with Crippen molar-refractivity contribution in [2.24, 2.45) is 0 Å². The van der Waals surface area contributed by atoms with Gasteiger partial charge in [0.05, 0.1) is 12.2 Å². The Balaban J connectivity index is 2.39. The minimum absolute atomic E-state index is 0.0226. The van der Waals surface area contributed by atoms with Gasteiger partial charge < -0.3 is 5.32 Å². The summed E-state index contributed by atoms with van der Waals surface area (Å²) >= 11 is 1.67. The van der Waals surface area contributed by atoms with E-state index >= 15 is 0 Å². The third-order valence-corrected chi connectivity index (χ3v) is 3.55. The Morgan fingerprint density at radius 1 is 1.41 bits per heavy atom. The summed E-state index contributed by atoms with van der Waals surface area (Å²) in [6.07, 6.45) is 2.94. The molecular formula is C13H15FN2S. The highest BCUT2D eigenvalue weighted by Crippen LogP contribution is 2.27. The Bertz CT molecular complexity index is 496. The number of nitrogens with one attached hydrogen (secondary N) is 1. The van der Waals surface area contributed by atoms with Gasteiger partial charge in [-0.05, 0) is 47.0 Å². The van der Waals surface area contributed by atoms with E-state index in [1.807, 2.05) is 6.92 Å². The molecule has 0 bridgehead atoms. The van der Waals surface area contributed by atoms with Gasteiger partial charge in [0.1, 0.15) is 5.82 Å². The van der Waals surface area contributed by atoms with Crippen LogP contribution in [0.2, 0.25) is 0 Å². The predicted octanol–water partition coefficient (Wildman–Crippen LogP) is 3.29. The molecule has 1 unspecified atom stereocenters. The summed E-state index contributed by atoms with van der Waals surface area (Å²) in [5.41, 5.74) is 3.29. The first-order chi connectivity index (χ1) is 8.22. The third kappa shape index (κ3) is 2.70. The fourth-order valence-electron chi connectivity index (χ4n) is 1.86. The molecule has 2 rings (SSSR count). The zero-order valence-corrected chi connectivity index (χ0v) is 10.7. The van der Waals surface area contributed by atoms with Crippen molar-refractivity contribution in [3.8, 4) is 0 Å². The second-order valence-corrected chi connectivity index (χ2v) is 4.68. The summed E-state index contributed by atoms with van der Waals surface area (Å²) in [6, 6.07) is 1.56. The number of pyridine rings is 1. The largest absolute Gasteiger partial charge is 0.306 e. The third-order valence-electron chi connectivity index (χ3n) is 2.67. The van der Waals surface area contributed by atoms with E-state index in [4.69, 9.17) is 0 Å². The zero-order valence-electron chi connectivity index (χ0n) is 9.90. The van der Waals surface area contributed by atoms with E-state index in [0.717, 1.165) is 12.1 Å². The molecule has 17 heavy (non-hydrogen) atoms. The number of thiophene rings is 1. The molecule has 0 aliphatic rings. The minimum Gasteiger partial charge on any atom is -0.306 e.